The van der Waals surface area contributed by atoms with Gasteiger partial charge in [0.05, 0.1) is 5.84 Å². The Morgan fingerprint density at radius 3 is 2.54 bits per heavy atom. The topological polar surface area (TPSA) is 24.4 Å². The molecule has 0 aliphatic rings. The van der Waals surface area contributed by atoms with Crippen LogP contribution in [0.2, 0.25) is 0 Å². The van der Waals surface area contributed by atoms with Gasteiger partial charge in [-0.25, -0.2) is 0 Å². The average molecular weight is 241 g/mol. The number of hydrogen-bond donors (Lipinski definition) is 1. The molecule has 0 atom stereocenters. The van der Waals surface area contributed by atoms with Gasteiger partial charge in [0.15, 0.2) is 0 Å². The van der Waals surface area contributed by atoms with Crippen LogP contribution in [0.3, 0.4) is 0 Å². The van der Waals surface area contributed by atoms with E-state index in [1.807, 2.05) is 19.1 Å². The molecule has 0 heterocycles. The Hall–Kier alpha value is -0.830. The summed E-state index contributed by atoms with van der Waals surface area (Å²) in [5.74, 6) is 0.961. The smallest absolute Gasteiger partial charge is 0.0930 e. The van der Waals surface area contributed by atoms with Crippen molar-refractivity contribution in [1.29, 1.82) is 0 Å². The zero-order valence-corrected chi connectivity index (χ0v) is 9.43. The summed E-state index contributed by atoms with van der Waals surface area (Å²) >= 11 is 3.40. The molecule has 0 aliphatic heterocycles. The highest BCUT2D eigenvalue weighted by molar-refractivity contribution is 9.10. The minimum Gasteiger partial charge on any atom is -0.370 e. The van der Waals surface area contributed by atoms with E-state index in [-0.39, 0.29) is 0 Å². The Morgan fingerprint density at radius 1 is 1.38 bits per heavy atom. The first-order chi connectivity index (χ1) is 6.22. The van der Waals surface area contributed by atoms with Gasteiger partial charge in [0.1, 0.15) is 0 Å². The van der Waals surface area contributed by atoms with Gasteiger partial charge in [-0.3, -0.25) is 4.99 Å². The van der Waals surface area contributed by atoms with E-state index < -0.39 is 0 Å². The highest BCUT2D eigenvalue weighted by Crippen LogP contribution is 2.09. The summed E-state index contributed by atoms with van der Waals surface area (Å²) in [6.07, 6.45) is 0. The Labute approximate surface area is 87.2 Å². The standard InChI is InChI=1S/C10H13BrN2/c1-8(12-2)13-7-9-3-5-10(11)6-4-9/h3-6H,7H2,1-2H3,(H,12,13). The van der Waals surface area contributed by atoms with E-state index in [0.717, 1.165) is 16.9 Å². The predicted octanol–water partition coefficient (Wildman–Crippen LogP) is 2.59. The molecule has 0 aliphatic carbocycles. The maximum atomic E-state index is 4.02. The summed E-state index contributed by atoms with van der Waals surface area (Å²) in [7, 11) is 1.78. The third kappa shape index (κ3) is 3.59. The molecule has 0 radical (unpaired) electrons. The summed E-state index contributed by atoms with van der Waals surface area (Å²) in [6, 6.07) is 8.24. The first-order valence-electron chi connectivity index (χ1n) is 4.14. The van der Waals surface area contributed by atoms with Crippen molar-refractivity contribution in [1.82, 2.24) is 5.32 Å². The van der Waals surface area contributed by atoms with Crippen LogP contribution in [0.5, 0.6) is 0 Å². The zero-order valence-electron chi connectivity index (χ0n) is 7.84. The van der Waals surface area contributed by atoms with Crippen LogP contribution in [0, 0.1) is 0 Å². The Bertz CT molecular complexity index is 290. The number of hydrogen-bond acceptors (Lipinski definition) is 1. The van der Waals surface area contributed by atoms with Crippen molar-refractivity contribution in [3.63, 3.8) is 0 Å². The molecule has 1 N–H and O–H groups in total. The second kappa shape index (κ2) is 5.02. The van der Waals surface area contributed by atoms with Crippen LogP contribution in [-0.4, -0.2) is 12.9 Å². The van der Waals surface area contributed by atoms with E-state index in [1.54, 1.807) is 7.05 Å². The van der Waals surface area contributed by atoms with Crippen LogP contribution in [0.15, 0.2) is 33.7 Å². The fourth-order valence-electron chi connectivity index (χ4n) is 0.911. The van der Waals surface area contributed by atoms with Gasteiger partial charge < -0.3 is 5.32 Å². The normalized spacial score (nSPS) is 11.5. The molecule has 0 unspecified atom stereocenters. The summed E-state index contributed by atoms with van der Waals surface area (Å²) in [6.45, 7) is 2.79. The molecule has 0 saturated heterocycles. The minimum absolute atomic E-state index is 0.830. The van der Waals surface area contributed by atoms with E-state index in [2.05, 4.69) is 38.4 Å². The molecular weight excluding hydrogens is 228 g/mol. The molecule has 0 amide bonds. The van der Waals surface area contributed by atoms with E-state index in [9.17, 15) is 0 Å². The van der Waals surface area contributed by atoms with Gasteiger partial charge in [0, 0.05) is 18.1 Å². The quantitative estimate of drug-likeness (QED) is 0.624. The summed E-state index contributed by atoms with van der Waals surface area (Å²) in [5, 5.41) is 3.20. The van der Waals surface area contributed by atoms with Crippen LogP contribution in [-0.2, 0) is 6.54 Å². The lowest BCUT2D eigenvalue weighted by Gasteiger charge is -2.04. The largest absolute Gasteiger partial charge is 0.370 e. The van der Waals surface area contributed by atoms with Crippen molar-refractivity contribution >= 4 is 21.8 Å². The molecular formula is C10H13BrN2. The van der Waals surface area contributed by atoms with Crippen LogP contribution < -0.4 is 5.32 Å². The number of aliphatic imine (C=N–C) groups is 1. The lowest BCUT2D eigenvalue weighted by atomic mass is 10.2. The van der Waals surface area contributed by atoms with Crippen molar-refractivity contribution in [2.75, 3.05) is 7.05 Å². The second-order valence-electron chi connectivity index (χ2n) is 2.79. The van der Waals surface area contributed by atoms with E-state index >= 15 is 0 Å². The van der Waals surface area contributed by atoms with Gasteiger partial charge in [0.2, 0.25) is 0 Å². The van der Waals surface area contributed by atoms with Crippen molar-refractivity contribution in [3.05, 3.63) is 34.3 Å². The summed E-state index contributed by atoms with van der Waals surface area (Å²) in [4.78, 5) is 4.02. The summed E-state index contributed by atoms with van der Waals surface area (Å²) in [5.41, 5.74) is 1.26. The molecule has 0 bridgehead atoms. The van der Waals surface area contributed by atoms with Crippen molar-refractivity contribution in [3.8, 4) is 0 Å². The maximum absolute atomic E-state index is 4.02. The molecule has 1 aromatic carbocycles. The van der Waals surface area contributed by atoms with Gasteiger partial charge >= 0.3 is 0 Å². The third-order valence-electron chi connectivity index (χ3n) is 1.80. The third-order valence-corrected chi connectivity index (χ3v) is 2.33. The van der Waals surface area contributed by atoms with Gasteiger partial charge in [-0.05, 0) is 24.6 Å². The number of rotatable bonds is 2. The fourth-order valence-corrected chi connectivity index (χ4v) is 1.18. The van der Waals surface area contributed by atoms with Gasteiger partial charge in [-0.1, -0.05) is 28.1 Å². The Balaban J connectivity index is 2.51. The van der Waals surface area contributed by atoms with Crippen LogP contribution >= 0.6 is 15.9 Å². The number of amidine groups is 1. The number of halogens is 1. The molecule has 13 heavy (non-hydrogen) atoms. The fraction of sp³-hybridized carbons (Fsp3) is 0.300. The number of nitrogens with zero attached hydrogens (tertiary/aromatic N) is 1. The van der Waals surface area contributed by atoms with Crippen molar-refractivity contribution < 1.29 is 0 Å². The lowest BCUT2D eigenvalue weighted by molar-refractivity contribution is 0.906. The average Bonchev–Trinajstić information content (AvgIpc) is 2.16. The maximum Gasteiger partial charge on any atom is 0.0930 e. The summed E-state index contributed by atoms with van der Waals surface area (Å²) < 4.78 is 1.11. The number of nitrogens with one attached hydrogen (secondary N) is 1. The molecule has 0 spiro atoms. The molecule has 0 aromatic heterocycles. The van der Waals surface area contributed by atoms with Gasteiger partial charge in [-0.2, -0.15) is 0 Å². The minimum atomic E-state index is 0.830. The number of benzene rings is 1. The molecule has 1 aromatic rings. The monoisotopic (exact) mass is 240 g/mol. The highest BCUT2D eigenvalue weighted by Gasteiger charge is 1.92. The highest BCUT2D eigenvalue weighted by atomic mass is 79.9. The van der Waals surface area contributed by atoms with Gasteiger partial charge in [0.25, 0.3) is 0 Å². The van der Waals surface area contributed by atoms with Crippen molar-refractivity contribution in [2.45, 2.75) is 13.5 Å². The first kappa shape index (κ1) is 10.3. The zero-order chi connectivity index (χ0) is 9.68. The molecule has 0 fully saturated rings. The van der Waals surface area contributed by atoms with E-state index in [1.165, 1.54) is 5.56 Å². The molecule has 1 rings (SSSR count). The van der Waals surface area contributed by atoms with Crippen molar-refractivity contribution in [2.24, 2.45) is 4.99 Å². The molecule has 70 valence electrons. The van der Waals surface area contributed by atoms with E-state index in [0.29, 0.717) is 0 Å². The Morgan fingerprint density at radius 2 is 2.00 bits per heavy atom. The Kier molecular flexibility index (Phi) is 3.96. The van der Waals surface area contributed by atoms with Crippen LogP contribution in [0.25, 0.3) is 0 Å². The molecule has 2 nitrogen and oxygen atoms in total. The van der Waals surface area contributed by atoms with Gasteiger partial charge in [-0.15, -0.1) is 0 Å². The SMILES string of the molecule is CN=C(C)NCc1ccc(Br)cc1. The second-order valence-corrected chi connectivity index (χ2v) is 3.70. The molecule has 3 heteroatoms. The first-order valence-corrected chi connectivity index (χ1v) is 4.93. The molecule has 0 saturated carbocycles. The van der Waals surface area contributed by atoms with Crippen LogP contribution in [0.1, 0.15) is 12.5 Å². The lowest BCUT2D eigenvalue weighted by Crippen LogP contribution is -2.19. The van der Waals surface area contributed by atoms with E-state index in [4.69, 9.17) is 0 Å². The van der Waals surface area contributed by atoms with Crippen LogP contribution in [0.4, 0.5) is 0 Å². The predicted molar refractivity (Wildman–Crippen MR) is 60.0 cm³/mol.